The second kappa shape index (κ2) is 10.3. The van der Waals surface area contributed by atoms with E-state index in [4.69, 9.17) is 47.0 Å². The minimum atomic E-state index is -1.77. The van der Waals surface area contributed by atoms with Gasteiger partial charge in [0, 0.05) is 9.64 Å². The summed E-state index contributed by atoms with van der Waals surface area (Å²) in [6.07, 6.45) is -0.923. The topological polar surface area (TPSA) is 79.2 Å². The van der Waals surface area contributed by atoms with Gasteiger partial charge in [0.25, 0.3) is 5.69 Å². The van der Waals surface area contributed by atoms with Crippen molar-refractivity contribution in [2.75, 3.05) is 5.32 Å². The van der Waals surface area contributed by atoms with Gasteiger partial charge >= 0.3 is 0 Å². The Morgan fingerprint density at radius 2 is 1.81 bits per heavy atom. The lowest BCUT2D eigenvalue weighted by Gasteiger charge is -2.27. The zero-order chi connectivity index (χ0) is 20.0. The Morgan fingerprint density at radius 1 is 1.19 bits per heavy atom. The first-order valence-corrected chi connectivity index (χ1v) is 10.7. The molecule has 0 aliphatic heterocycles. The smallest absolute Gasteiger partial charge is 0.284 e. The number of benzene rings is 2. The first-order chi connectivity index (χ1) is 12.7. The molecule has 2 aromatic carbocycles. The van der Waals surface area contributed by atoms with Crippen LogP contribution in [0.3, 0.4) is 0 Å². The van der Waals surface area contributed by atoms with Gasteiger partial charge < -0.3 is 10.6 Å². The van der Waals surface area contributed by atoms with Crippen LogP contribution in [-0.2, 0) is 0 Å². The fourth-order valence-electron chi connectivity index (χ4n) is 1.85. The number of thiocarbonyl (C=S) groups is 1. The molecule has 0 saturated carbocycles. The van der Waals surface area contributed by atoms with Crippen molar-refractivity contribution < 1.29 is 4.92 Å². The van der Waals surface area contributed by atoms with Gasteiger partial charge in [-0.05, 0) is 65.0 Å². The van der Waals surface area contributed by atoms with E-state index in [1.54, 1.807) is 18.2 Å². The van der Waals surface area contributed by atoms with Gasteiger partial charge in [0.15, 0.2) is 5.11 Å². The maximum absolute atomic E-state index is 11.1. The first-order valence-electron chi connectivity index (χ1n) is 7.23. The standard InChI is InChI=1S/C15H12Cl3IN4O2S2/c16-15(17,18)13(21-14(26)20-10-6-2-1-5-9(10)19)22-27-12-8-4-3-7-11(12)23(24)25/h1-8,13,22H,(H2,20,21,26). The van der Waals surface area contributed by atoms with Crippen molar-refractivity contribution in [3.8, 4) is 0 Å². The molecule has 0 fully saturated rings. The highest BCUT2D eigenvalue weighted by Gasteiger charge is 2.34. The summed E-state index contributed by atoms with van der Waals surface area (Å²) in [6, 6.07) is 13.8. The molecule has 12 heteroatoms. The summed E-state index contributed by atoms with van der Waals surface area (Å²) < 4.78 is 2.07. The molecule has 3 N–H and O–H groups in total. The molecule has 2 aromatic rings. The molecule has 0 radical (unpaired) electrons. The second-order valence-corrected chi connectivity index (χ2v) is 9.82. The number of hydrogen-bond acceptors (Lipinski definition) is 5. The van der Waals surface area contributed by atoms with E-state index in [-0.39, 0.29) is 10.8 Å². The van der Waals surface area contributed by atoms with Gasteiger partial charge in [-0.25, -0.2) is 4.72 Å². The van der Waals surface area contributed by atoms with E-state index in [1.807, 2.05) is 24.3 Å². The summed E-state index contributed by atoms with van der Waals surface area (Å²) in [5.74, 6) is 0. The molecule has 0 saturated heterocycles. The van der Waals surface area contributed by atoms with E-state index in [0.717, 1.165) is 21.2 Å². The number of halogens is 4. The van der Waals surface area contributed by atoms with Crippen molar-refractivity contribution in [2.24, 2.45) is 0 Å². The van der Waals surface area contributed by atoms with E-state index in [2.05, 4.69) is 37.9 Å². The monoisotopic (exact) mass is 576 g/mol. The van der Waals surface area contributed by atoms with Gasteiger partial charge in [-0.2, -0.15) is 0 Å². The molecule has 0 bridgehead atoms. The van der Waals surface area contributed by atoms with Crippen LogP contribution in [0.25, 0.3) is 0 Å². The van der Waals surface area contributed by atoms with Gasteiger partial charge in [0.05, 0.1) is 10.6 Å². The highest BCUT2D eigenvalue weighted by Crippen LogP contribution is 2.33. The maximum Gasteiger partial charge on any atom is 0.284 e. The third-order valence-electron chi connectivity index (χ3n) is 3.07. The van der Waals surface area contributed by atoms with Gasteiger partial charge in [-0.15, -0.1) is 0 Å². The average Bonchev–Trinajstić information content (AvgIpc) is 2.59. The Balaban J connectivity index is 2.07. The molecule has 1 atom stereocenters. The van der Waals surface area contributed by atoms with Crippen LogP contribution in [0.5, 0.6) is 0 Å². The number of nitrogens with one attached hydrogen (secondary N) is 3. The Morgan fingerprint density at radius 3 is 2.44 bits per heavy atom. The first kappa shape index (κ1) is 22.7. The number of para-hydroxylation sites is 2. The molecule has 6 nitrogen and oxygen atoms in total. The largest absolute Gasteiger partial charge is 0.343 e. The summed E-state index contributed by atoms with van der Waals surface area (Å²) in [5.41, 5.74) is 0.739. The van der Waals surface area contributed by atoms with Crippen molar-refractivity contribution in [3.63, 3.8) is 0 Å². The van der Waals surface area contributed by atoms with Gasteiger partial charge in [-0.3, -0.25) is 10.1 Å². The van der Waals surface area contributed by atoms with Crippen molar-refractivity contribution in [1.29, 1.82) is 0 Å². The van der Waals surface area contributed by atoms with Crippen molar-refractivity contribution in [2.45, 2.75) is 14.9 Å². The molecule has 27 heavy (non-hydrogen) atoms. The van der Waals surface area contributed by atoms with Crippen molar-refractivity contribution >= 4 is 98.0 Å². The Hall–Kier alpha value is -0.560. The van der Waals surface area contributed by atoms with Crippen LogP contribution < -0.4 is 15.4 Å². The lowest BCUT2D eigenvalue weighted by atomic mass is 10.3. The number of nitro groups is 1. The molecular formula is C15H12Cl3IN4O2S2. The number of rotatable bonds is 6. The molecule has 0 aliphatic carbocycles. The molecule has 0 spiro atoms. The fraction of sp³-hybridized carbons (Fsp3) is 0.133. The molecule has 0 aliphatic rings. The molecule has 0 aromatic heterocycles. The van der Waals surface area contributed by atoms with Gasteiger partial charge in [0.2, 0.25) is 3.79 Å². The van der Waals surface area contributed by atoms with E-state index in [1.165, 1.54) is 6.07 Å². The lowest BCUT2D eigenvalue weighted by molar-refractivity contribution is -0.387. The normalized spacial score (nSPS) is 12.3. The SMILES string of the molecule is O=[N+]([O-])c1ccccc1SNC(NC(=S)Nc1ccccc1I)C(Cl)(Cl)Cl. The van der Waals surface area contributed by atoms with Crippen LogP contribution in [0.2, 0.25) is 0 Å². The Labute approximate surface area is 194 Å². The number of nitro benzene ring substituents is 1. The summed E-state index contributed by atoms with van der Waals surface area (Å²) in [5, 5.41) is 17.2. The van der Waals surface area contributed by atoms with Gasteiger partial charge in [-0.1, -0.05) is 59.1 Å². The maximum atomic E-state index is 11.1. The minimum absolute atomic E-state index is 0.0578. The molecule has 2 rings (SSSR count). The van der Waals surface area contributed by atoms with Crippen LogP contribution in [-0.4, -0.2) is 20.0 Å². The molecular weight excluding hydrogens is 566 g/mol. The van der Waals surface area contributed by atoms with E-state index >= 15 is 0 Å². The number of nitrogens with zero attached hydrogens (tertiary/aromatic N) is 1. The number of hydrogen-bond donors (Lipinski definition) is 3. The highest BCUT2D eigenvalue weighted by atomic mass is 127. The third-order valence-corrected chi connectivity index (χ3v) is 5.81. The summed E-state index contributed by atoms with van der Waals surface area (Å²) in [6.45, 7) is 0. The zero-order valence-corrected chi connectivity index (χ0v) is 19.3. The predicted molar refractivity (Wildman–Crippen MR) is 125 cm³/mol. The van der Waals surface area contributed by atoms with Crippen molar-refractivity contribution in [1.82, 2.24) is 10.0 Å². The fourth-order valence-corrected chi connectivity index (χ4v) is 3.99. The van der Waals surface area contributed by atoms with Crippen LogP contribution in [0.1, 0.15) is 0 Å². The quantitative estimate of drug-likeness (QED) is 0.0799. The summed E-state index contributed by atoms with van der Waals surface area (Å²) in [4.78, 5) is 11.0. The van der Waals surface area contributed by atoms with E-state index in [9.17, 15) is 10.1 Å². The summed E-state index contributed by atoms with van der Waals surface area (Å²) in [7, 11) is 0. The Bertz CT molecular complexity index is 839. The van der Waals surface area contributed by atoms with Crippen LogP contribution in [0.4, 0.5) is 11.4 Å². The average molecular weight is 578 g/mol. The minimum Gasteiger partial charge on any atom is -0.343 e. The predicted octanol–water partition coefficient (Wildman–Crippen LogP) is 5.48. The Kier molecular flexibility index (Phi) is 8.66. The summed E-state index contributed by atoms with van der Waals surface area (Å²) >= 11 is 26.5. The second-order valence-electron chi connectivity index (χ2n) is 5.00. The number of anilines is 1. The third kappa shape index (κ3) is 7.08. The van der Waals surface area contributed by atoms with Crippen LogP contribution >= 0.6 is 81.6 Å². The highest BCUT2D eigenvalue weighted by molar-refractivity contribution is 14.1. The van der Waals surface area contributed by atoms with Crippen LogP contribution in [0, 0.1) is 13.7 Å². The zero-order valence-electron chi connectivity index (χ0n) is 13.3. The van der Waals surface area contributed by atoms with Crippen molar-refractivity contribution in [3.05, 3.63) is 62.2 Å². The molecule has 144 valence electrons. The molecule has 1 unspecified atom stereocenters. The molecule has 0 amide bonds. The van der Waals surface area contributed by atoms with E-state index in [0.29, 0.717) is 4.90 Å². The van der Waals surface area contributed by atoms with Gasteiger partial charge in [0.1, 0.15) is 11.1 Å². The van der Waals surface area contributed by atoms with E-state index < -0.39 is 14.9 Å². The van der Waals surface area contributed by atoms with Crippen LogP contribution in [0.15, 0.2) is 53.4 Å². The lowest BCUT2D eigenvalue weighted by Crippen LogP contribution is -2.52. The number of alkyl halides is 3. The molecule has 0 heterocycles.